The molecule has 1 heterocycles. The zero-order valence-corrected chi connectivity index (χ0v) is 23.0. The van der Waals surface area contributed by atoms with Crippen LogP contribution in [0.2, 0.25) is 5.02 Å². The van der Waals surface area contributed by atoms with Crippen molar-refractivity contribution in [3.8, 4) is 11.4 Å². The molecular weight excluding hydrogens is 594 g/mol. The van der Waals surface area contributed by atoms with Gasteiger partial charge in [-0.25, -0.2) is 5.43 Å². The van der Waals surface area contributed by atoms with Crippen molar-refractivity contribution < 1.29 is 9.53 Å². The summed E-state index contributed by atoms with van der Waals surface area (Å²) in [6.45, 7) is 4.47. The highest BCUT2D eigenvalue weighted by atomic mass is 79.9. The number of amides is 1. The fourth-order valence-corrected chi connectivity index (χ4v) is 4.94. The van der Waals surface area contributed by atoms with Gasteiger partial charge in [-0.15, -0.1) is 0 Å². The molecule has 4 aromatic rings. The molecule has 5 nitrogen and oxygen atoms in total. The molecule has 0 atom stereocenters. The van der Waals surface area contributed by atoms with Crippen LogP contribution in [0.15, 0.2) is 86.8 Å². The molecule has 1 aromatic heterocycles. The van der Waals surface area contributed by atoms with Crippen molar-refractivity contribution in [3.05, 3.63) is 115 Å². The van der Waals surface area contributed by atoms with Crippen LogP contribution in [-0.4, -0.2) is 16.7 Å². The van der Waals surface area contributed by atoms with Gasteiger partial charge in [-0.2, -0.15) is 5.10 Å². The first-order valence-corrected chi connectivity index (χ1v) is 12.7. The van der Waals surface area contributed by atoms with Crippen LogP contribution in [0, 0.1) is 13.8 Å². The average molecular weight is 616 g/mol. The maximum Gasteiger partial charge on any atom is 0.272 e. The van der Waals surface area contributed by atoms with E-state index in [-0.39, 0.29) is 5.91 Å². The third-order valence-electron chi connectivity index (χ3n) is 5.39. The summed E-state index contributed by atoms with van der Waals surface area (Å²) in [6.07, 6.45) is 1.57. The number of aromatic nitrogens is 1. The van der Waals surface area contributed by atoms with Crippen molar-refractivity contribution in [3.63, 3.8) is 0 Å². The van der Waals surface area contributed by atoms with Crippen molar-refractivity contribution >= 4 is 55.6 Å². The number of hydrogen-bond donors (Lipinski definition) is 1. The van der Waals surface area contributed by atoms with E-state index < -0.39 is 0 Å². The van der Waals surface area contributed by atoms with E-state index in [1.807, 2.05) is 74.5 Å². The van der Waals surface area contributed by atoms with Gasteiger partial charge >= 0.3 is 0 Å². The number of hydrogen-bond acceptors (Lipinski definition) is 3. The molecule has 0 radical (unpaired) electrons. The van der Waals surface area contributed by atoms with Gasteiger partial charge in [-0.1, -0.05) is 49.5 Å². The zero-order chi connectivity index (χ0) is 24.9. The number of hydrazone groups is 1. The second-order valence-electron chi connectivity index (χ2n) is 7.91. The van der Waals surface area contributed by atoms with Gasteiger partial charge in [0.05, 0.1) is 16.8 Å². The minimum atomic E-state index is -0.379. The smallest absolute Gasteiger partial charge is 0.272 e. The summed E-state index contributed by atoms with van der Waals surface area (Å²) in [5, 5.41) is 4.45. The number of carbonyl (C=O) groups excluding carboxylic acids is 1. The maximum atomic E-state index is 12.7. The molecule has 0 saturated carbocycles. The van der Waals surface area contributed by atoms with Crippen LogP contribution in [0.3, 0.4) is 0 Å². The summed E-state index contributed by atoms with van der Waals surface area (Å²) in [6, 6.07) is 22.9. The molecule has 0 bridgehead atoms. The van der Waals surface area contributed by atoms with E-state index in [2.05, 4.69) is 47.0 Å². The number of carbonyl (C=O) groups is 1. The lowest BCUT2D eigenvalue weighted by atomic mass is 10.2. The van der Waals surface area contributed by atoms with Crippen molar-refractivity contribution in [2.75, 3.05) is 0 Å². The van der Waals surface area contributed by atoms with Gasteiger partial charge in [0, 0.05) is 31.6 Å². The summed E-state index contributed by atoms with van der Waals surface area (Å²) in [5.41, 5.74) is 7.80. The first kappa shape index (κ1) is 25.2. The predicted octanol–water partition coefficient (Wildman–Crippen LogP) is 7.62. The van der Waals surface area contributed by atoms with Gasteiger partial charge in [0.2, 0.25) is 0 Å². The highest BCUT2D eigenvalue weighted by molar-refractivity contribution is 9.11. The molecule has 1 N–H and O–H groups in total. The van der Waals surface area contributed by atoms with Crippen molar-refractivity contribution in [2.45, 2.75) is 20.5 Å². The van der Waals surface area contributed by atoms with Crippen LogP contribution in [0.25, 0.3) is 5.69 Å². The van der Waals surface area contributed by atoms with Gasteiger partial charge in [-0.05, 0) is 86.1 Å². The Bertz CT molecular complexity index is 1380. The Morgan fingerprint density at radius 2 is 1.71 bits per heavy atom. The molecular formula is C27H22Br2ClN3O2. The van der Waals surface area contributed by atoms with Gasteiger partial charge in [0.15, 0.2) is 0 Å². The van der Waals surface area contributed by atoms with E-state index in [4.69, 9.17) is 16.3 Å². The molecule has 0 spiro atoms. The number of halogens is 3. The lowest BCUT2D eigenvalue weighted by Gasteiger charge is -2.12. The zero-order valence-electron chi connectivity index (χ0n) is 19.1. The number of benzene rings is 3. The third kappa shape index (κ3) is 6.23. The Balaban J connectivity index is 1.38. The Kier molecular flexibility index (Phi) is 8.11. The number of rotatable bonds is 7. The van der Waals surface area contributed by atoms with Crippen molar-refractivity contribution in [1.82, 2.24) is 9.99 Å². The summed E-state index contributed by atoms with van der Waals surface area (Å²) in [5.74, 6) is 0.357. The van der Waals surface area contributed by atoms with E-state index in [0.29, 0.717) is 17.2 Å². The van der Waals surface area contributed by atoms with Crippen molar-refractivity contribution in [2.24, 2.45) is 5.10 Å². The molecule has 8 heteroatoms. The Hall–Kier alpha value is -2.87. The molecule has 0 aliphatic rings. The van der Waals surface area contributed by atoms with Crippen LogP contribution in [0.5, 0.6) is 5.75 Å². The summed E-state index contributed by atoms with van der Waals surface area (Å²) in [7, 11) is 0. The van der Waals surface area contributed by atoms with Crippen LogP contribution >= 0.6 is 43.5 Å². The van der Waals surface area contributed by atoms with E-state index >= 15 is 0 Å². The molecule has 35 heavy (non-hydrogen) atoms. The summed E-state index contributed by atoms with van der Waals surface area (Å²) < 4.78 is 9.92. The number of nitrogens with one attached hydrogen (secondary N) is 1. The lowest BCUT2D eigenvalue weighted by molar-refractivity contribution is 0.0955. The fourth-order valence-electron chi connectivity index (χ4n) is 3.58. The van der Waals surface area contributed by atoms with Crippen molar-refractivity contribution in [1.29, 1.82) is 0 Å². The average Bonchev–Trinajstić information content (AvgIpc) is 3.17. The normalized spacial score (nSPS) is 11.1. The molecule has 0 aliphatic carbocycles. The topological polar surface area (TPSA) is 55.6 Å². The molecule has 0 aliphatic heterocycles. The molecule has 178 valence electrons. The van der Waals surface area contributed by atoms with Gasteiger partial charge in [-0.3, -0.25) is 4.79 Å². The van der Waals surface area contributed by atoms with E-state index in [1.54, 1.807) is 18.3 Å². The van der Waals surface area contributed by atoms with E-state index in [0.717, 1.165) is 42.9 Å². The van der Waals surface area contributed by atoms with Gasteiger partial charge in [0.25, 0.3) is 5.91 Å². The minimum absolute atomic E-state index is 0.358. The van der Waals surface area contributed by atoms with Gasteiger partial charge < -0.3 is 9.30 Å². The molecule has 0 fully saturated rings. The SMILES string of the molecule is Cc1ccc(C)n1-c1ccc(Cl)c(C(=O)NN=Cc2ccc(OCc3ccc(Br)cc3Br)cc2)c1. The predicted molar refractivity (Wildman–Crippen MR) is 148 cm³/mol. The second kappa shape index (κ2) is 11.2. The number of aryl methyl sites for hydroxylation is 2. The molecule has 0 saturated heterocycles. The quantitative estimate of drug-likeness (QED) is 0.172. The lowest BCUT2D eigenvalue weighted by Crippen LogP contribution is -2.18. The first-order valence-electron chi connectivity index (χ1n) is 10.8. The van der Waals surface area contributed by atoms with E-state index in [9.17, 15) is 4.79 Å². The largest absolute Gasteiger partial charge is 0.489 e. The van der Waals surface area contributed by atoms with Crippen LogP contribution in [0.1, 0.15) is 32.9 Å². The third-order valence-corrected chi connectivity index (χ3v) is 6.95. The van der Waals surface area contributed by atoms with Crippen LogP contribution in [0.4, 0.5) is 0 Å². The standard InChI is InChI=1S/C27H22Br2ClN3O2/c1-17-3-4-18(2)33(17)22-9-12-26(30)24(14-22)27(34)32-31-15-19-5-10-23(11-6-19)35-16-20-7-8-21(28)13-25(20)29/h3-15H,16H2,1-2H3,(H,32,34). The molecule has 4 rings (SSSR count). The Labute approximate surface area is 226 Å². The Morgan fingerprint density at radius 1 is 1.00 bits per heavy atom. The van der Waals surface area contributed by atoms with Gasteiger partial charge in [0.1, 0.15) is 12.4 Å². The summed E-state index contributed by atoms with van der Waals surface area (Å²) >= 11 is 13.3. The second-order valence-corrected chi connectivity index (χ2v) is 10.1. The maximum absolute atomic E-state index is 12.7. The van der Waals surface area contributed by atoms with Crippen LogP contribution in [-0.2, 0) is 6.61 Å². The minimum Gasteiger partial charge on any atom is -0.489 e. The molecule has 1 amide bonds. The Morgan fingerprint density at radius 3 is 2.40 bits per heavy atom. The first-order chi connectivity index (χ1) is 16.8. The fraction of sp³-hybridized carbons (Fsp3) is 0.111. The van der Waals surface area contributed by atoms with E-state index in [1.165, 1.54) is 0 Å². The monoisotopic (exact) mass is 613 g/mol. The summed E-state index contributed by atoms with van der Waals surface area (Å²) in [4.78, 5) is 12.7. The highest BCUT2D eigenvalue weighted by Gasteiger charge is 2.13. The van der Waals surface area contributed by atoms with Crippen LogP contribution < -0.4 is 10.2 Å². The number of nitrogens with zero attached hydrogens (tertiary/aromatic N) is 2. The molecule has 3 aromatic carbocycles. The highest BCUT2D eigenvalue weighted by Crippen LogP contribution is 2.24. The number of ether oxygens (including phenoxy) is 1. The molecule has 0 unspecified atom stereocenters.